The quantitative estimate of drug-likeness (QED) is 0.697. The molecule has 1 rings (SSSR count). The molecule has 1 aromatic carbocycles. The number of ketones is 1. The third kappa shape index (κ3) is 5.62. The van der Waals surface area contributed by atoms with Crippen LogP contribution < -0.4 is 0 Å². The third-order valence-electron chi connectivity index (χ3n) is 2.93. The average Bonchev–Trinajstić information content (AvgIpc) is 2.36. The number of esters is 1. The lowest BCUT2D eigenvalue weighted by Gasteiger charge is -2.14. The summed E-state index contributed by atoms with van der Waals surface area (Å²) in [7, 11) is 1.39. The first-order valence-corrected chi connectivity index (χ1v) is 6.22. The summed E-state index contributed by atoms with van der Waals surface area (Å²) < 4.78 is 4.63. The molecule has 0 aliphatic heterocycles. The van der Waals surface area contributed by atoms with Crippen molar-refractivity contribution in [3.05, 3.63) is 35.9 Å². The lowest BCUT2D eigenvalue weighted by Crippen LogP contribution is -2.12. The molecule has 1 atom stereocenters. The molecule has 0 N–H and O–H groups in total. The molecule has 0 saturated heterocycles. The second-order valence-electron chi connectivity index (χ2n) is 4.58. The van der Waals surface area contributed by atoms with Gasteiger partial charge in [0.15, 0.2) is 0 Å². The highest BCUT2D eigenvalue weighted by atomic mass is 16.5. The van der Waals surface area contributed by atoms with Gasteiger partial charge in [-0.1, -0.05) is 30.3 Å². The Morgan fingerprint density at radius 3 is 2.44 bits per heavy atom. The highest BCUT2D eigenvalue weighted by molar-refractivity contribution is 5.76. The molecule has 0 unspecified atom stereocenters. The Bertz CT molecular complexity index is 384. The monoisotopic (exact) mass is 248 g/mol. The maximum atomic E-state index is 11.2. The Morgan fingerprint density at radius 1 is 1.22 bits per heavy atom. The van der Waals surface area contributed by atoms with Crippen molar-refractivity contribution in [1.82, 2.24) is 0 Å². The number of rotatable bonds is 7. The second kappa shape index (κ2) is 7.64. The van der Waals surface area contributed by atoms with Crippen molar-refractivity contribution in [1.29, 1.82) is 0 Å². The molecule has 3 nitrogen and oxygen atoms in total. The molecule has 18 heavy (non-hydrogen) atoms. The molecular formula is C15H20O3. The lowest BCUT2D eigenvalue weighted by molar-refractivity contribution is -0.141. The fraction of sp³-hybridized carbons (Fsp3) is 0.467. The molecule has 0 bridgehead atoms. The minimum absolute atomic E-state index is 0.167. The van der Waals surface area contributed by atoms with E-state index in [9.17, 15) is 9.59 Å². The molecule has 0 spiro atoms. The van der Waals surface area contributed by atoms with Crippen LogP contribution in [-0.2, 0) is 20.7 Å². The van der Waals surface area contributed by atoms with Crippen LogP contribution in [0.5, 0.6) is 0 Å². The summed E-state index contributed by atoms with van der Waals surface area (Å²) in [6.45, 7) is 1.59. The molecule has 0 aliphatic carbocycles. The first-order valence-electron chi connectivity index (χ1n) is 6.22. The average molecular weight is 248 g/mol. The van der Waals surface area contributed by atoms with Gasteiger partial charge < -0.3 is 9.53 Å². The van der Waals surface area contributed by atoms with Crippen LogP contribution in [0, 0.1) is 5.92 Å². The molecule has 0 aromatic heterocycles. The molecule has 0 radical (unpaired) electrons. The molecule has 0 aliphatic rings. The van der Waals surface area contributed by atoms with Crippen molar-refractivity contribution in [2.75, 3.05) is 7.11 Å². The summed E-state index contributed by atoms with van der Waals surface area (Å²) >= 11 is 0. The Kier molecular flexibility index (Phi) is 6.12. The first-order chi connectivity index (χ1) is 8.61. The van der Waals surface area contributed by atoms with Crippen molar-refractivity contribution >= 4 is 11.8 Å². The van der Waals surface area contributed by atoms with Gasteiger partial charge in [-0.2, -0.15) is 0 Å². The Balaban J connectivity index is 2.55. The van der Waals surface area contributed by atoms with Crippen LogP contribution in [0.15, 0.2) is 30.3 Å². The summed E-state index contributed by atoms with van der Waals surface area (Å²) in [5.41, 5.74) is 1.20. The molecular weight excluding hydrogens is 228 g/mol. The molecule has 0 heterocycles. The summed E-state index contributed by atoms with van der Waals surface area (Å²) in [6, 6.07) is 10.0. The van der Waals surface area contributed by atoms with Crippen LogP contribution >= 0.6 is 0 Å². The van der Waals surface area contributed by atoms with Crippen molar-refractivity contribution in [3.63, 3.8) is 0 Å². The summed E-state index contributed by atoms with van der Waals surface area (Å²) in [6.07, 6.45) is 2.42. The highest BCUT2D eigenvalue weighted by Crippen LogP contribution is 2.18. The standard InChI is InChI=1S/C15H20O3/c1-12(16)10-14(8-9-15(17)18-2)11-13-6-4-3-5-7-13/h3-7,14H,8-11H2,1-2H3/t14-/m1/s1. The highest BCUT2D eigenvalue weighted by Gasteiger charge is 2.14. The van der Waals surface area contributed by atoms with Gasteiger partial charge in [0.1, 0.15) is 5.78 Å². The van der Waals surface area contributed by atoms with Gasteiger partial charge in [-0.3, -0.25) is 4.79 Å². The second-order valence-corrected chi connectivity index (χ2v) is 4.58. The van der Waals surface area contributed by atoms with Crippen LogP contribution in [-0.4, -0.2) is 18.9 Å². The minimum atomic E-state index is -0.211. The predicted octanol–water partition coefficient (Wildman–Crippen LogP) is 2.78. The van der Waals surface area contributed by atoms with Crippen LogP contribution in [0.25, 0.3) is 0 Å². The van der Waals surface area contributed by atoms with Crippen molar-refractivity contribution in [2.45, 2.75) is 32.6 Å². The Labute approximate surface area is 108 Å². The third-order valence-corrected chi connectivity index (χ3v) is 2.93. The normalized spacial score (nSPS) is 11.9. The van der Waals surface area contributed by atoms with Crippen LogP contribution in [0.2, 0.25) is 0 Å². The number of benzene rings is 1. The fourth-order valence-corrected chi connectivity index (χ4v) is 2.05. The van der Waals surface area contributed by atoms with Gasteiger partial charge in [-0.25, -0.2) is 0 Å². The number of ether oxygens (including phenoxy) is 1. The van der Waals surface area contributed by atoms with Crippen LogP contribution in [0.3, 0.4) is 0 Å². The van der Waals surface area contributed by atoms with Crippen LogP contribution in [0.4, 0.5) is 0 Å². The molecule has 0 amide bonds. The van der Waals surface area contributed by atoms with Gasteiger partial charge in [-0.05, 0) is 31.2 Å². The minimum Gasteiger partial charge on any atom is -0.469 e. The number of hydrogen-bond donors (Lipinski definition) is 0. The van der Waals surface area contributed by atoms with Crippen molar-refractivity contribution in [3.8, 4) is 0 Å². The van der Waals surface area contributed by atoms with E-state index in [4.69, 9.17) is 0 Å². The van der Waals surface area contributed by atoms with E-state index < -0.39 is 0 Å². The summed E-state index contributed by atoms with van der Waals surface area (Å²) in [5.74, 6) is 0.168. The van der Waals surface area contributed by atoms with E-state index in [-0.39, 0.29) is 17.7 Å². The lowest BCUT2D eigenvalue weighted by atomic mass is 9.90. The Morgan fingerprint density at radius 2 is 1.89 bits per heavy atom. The number of methoxy groups -OCH3 is 1. The maximum Gasteiger partial charge on any atom is 0.305 e. The number of hydrogen-bond acceptors (Lipinski definition) is 3. The van der Waals surface area contributed by atoms with E-state index in [1.807, 2.05) is 30.3 Å². The first kappa shape index (κ1) is 14.4. The van der Waals surface area contributed by atoms with Gasteiger partial charge in [0.2, 0.25) is 0 Å². The number of carbonyl (C=O) groups is 2. The zero-order valence-corrected chi connectivity index (χ0v) is 11.0. The summed E-state index contributed by atoms with van der Waals surface area (Å²) in [5, 5.41) is 0. The van der Waals surface area contributed by atoms with Gasteiger partial charge >= 0.3 is 5.97 Å². The van der Waals surface area contributed by atoms with Gasteiger partial charge in [0, 0.05) is 12.8 Å². The zero-order chi connectivity index (χ0) is 13.4. The Hall–Kier alpha value is -1.64. The molecule has 0 saturated carbocycles. The van der Waals surface area contributed by atoms with E-state index in [1.165, 1.54) is 12.7 Å². The van der Waals surface area contributed by atoms with E-state index in [0.29, 0.717) is 19.3 Å². The molecule has 0 fully saturated rings. The van der Waals surface area contributed by atoms with Gasteiger partial charge in [-0.15, -0.1) is 0 Å². The van der Waals surface area contributed by atoms with E-state index in [0.717, 1.165) is 6.42 Å². The van der Waals surface area contributed by atoms with E-state index >= 15 is 0 Å². The molecule has 3 heteroatoms. The fourth-order valence-electron chi connectivity index (χ4n) is 2.05. The van der Waals surface area contributed by atoms with E-state index in [2.05, 4.69) is 4.74 Å². The maximum absolute atomic E-state index is 11.2. The predicted molar refractivity (Wildman–Crippen MR) is 70.2 cm³/mol. The van der Waals surface area contributed by atoms with Crippen LogP contribution in [0.1, 0.15) is 31.7 Å². The number of Topliss-reactive ketones (excluding diaryl/α,β-unsaturated/α-hetero) is 1. The van der Waals surface area contributed by atoms with Crippen molar-refractivity contribution in [2.24, 2.45) is 5.92 Å². The SMILES string of the molecule is COC(=O)CC[C@H](CC(C)=O)Cc1ccccc1. The topological polar surface area (TPSA) is 43.4 Å². The molecule has 98 valence electrons. The van der Waals surface area contributed by atoms with E-state index in [1.54, 1.807) is 6.92 Å². The van der Waals surface area contributed by atoms with Gasteiger partial charge in [0.25, 0.3) is 0 Å². The smallest absolute Gasteiger partial charge is 0.305 e. The molecule has 1 aromatic rings. The van der Waals surface area contributed by atoms with Crippen molar-refractivity contribution < 1.29 is 14.3 Å². The largest absolute Gasteiger partial charge is 0.469 e. The number of carbonyl (C=O) groups excluding carboxylic acids is 2. The van der Waals surface area contributed by atoms with Gasteiger partial charge in [0.05, 0.1) is 7.11 Å². The summed E-state index contributed by atoms with van der Waals surface area (Å²) in [4.78, 5) is 22.4. The zero-order valence-electron chi connectivity index (χ0n) is 11.0.